The Hall–Kier alpha value is -2.61. The Balaban J connectivity index is 2.01. The summed E-state index contributed by atoms with van der Waals surface area (Å²) in [5, 5.41) is 2.84. The molecule has 0 fully saturated rings. The molecule has 3 heterocycles. The summed E-state index contributed by atoms with van der Waals surface area (Å²) in [7, 11) is 0. The van der Waals surface area contributed by atoms with Crippen LogP contribution in [0.5, 0.6) is 0 Å². The van der Waals surface area contributed by atoms with Crippen molar-refractivity contribution in [3.63, 3.8) is 0 Å². The van der Waals surface area contributed by atoms with Gasteiger partial charge in [-0.05, 0) is 36.7 Å². The first kappa shape index (κ1) is 15.3. The molecule has 0 saturated heterocycles. The van der Waals surface area contributed by atoms with Gasteiger partial charge in [0, 0.05) is 29.8 Å². The second-order valence-corrected chi connectivity index (χ2v) is 5.24. The Morgan fingerprint density at radius 2 is 2.00 bits per heavy atom. The van der Waals surface area contributed by atoms with Gasteiger partial charge in [0.1, 0.15) is 5.69 Å². The van der Waals surface area contributed by atoms with Gasteiger partial charge >= 0.3 is 5.38 Å². The van der Waals surface area contributed by atoms with Crippen molar-refractivity contribution in [2.45, 2.75) is 12.3 Å². The number of aromatic nitrogens is 4. The summed E-state index contributed by atoms with van der Waals surface area (Å²) in [6, 6.07) is 5.62. The minimum absolute atomic E-state index is 0.0536. The second-order valence-electron chi connectivity index (χ2n) is 4.77. The van der Waals surface area contributed by atoms with E-state index in [-0.39, 0.29) is 11.3 Å². The van der Waals surface area contributed by atoms with E-state index in [2.05, 4.69) is 20.4 Å². The number of nitrogens with one attached hydrogen (secondary N) is 1. The van der Waals surface area contributed by atoms with Gasteiger partial charge in [0.05, 0.1) is 0 Å². The van der Waals surface area contributed by atoms with Crippen molar-refractivity contribution < 1.29 is 13.6 Å². The molecule has 0 unspecified atom stereocenters. The van der Waals surface area contributed by atoms with Crippen molar-refractivity contribution in [3.05, 3.63) is 53.7 Å². The van der Waals surface area contributed by atoms with Crippen LogP contribution >= 0.6 is 11.6 Å². The van der Waals surface area contributed by atoms with Crippen molar-refractivity contribution in [3.8, 4) is 0 Å². The maximum absolute atomic E-state index is 13.5. The van der Waals surface area contributed by atoms with Crippen molar-refractivity contribution in [2.24, 2.45) is 0 Å². The Morgan fingerprint density at radius 1 is 1.30 bits per heavy atom. The van der Waals surface area contributed by atoms with Gasteiger partial charge in [0.15, 0.2) is 11.3 Å². The summed E-state index contributed by atoms with van der Waals surface area (Å²) in [5.41, 5.74) is 0.356. The zero-order valence-corrected chi connectivity index (χ0v) is 12.6. The van der Waals surface area contributed by atoms with Gasteiger partial charge in [-0.3, -0.25) is 9.78 Å². The summed E-state index contributed by atoms with van der Waals surface area (Å²) in [4.78, 5) is 20.1. The quantitative estimate of drug-likeness (QED) is 0.746. The van der Waals surface area contributed by atoms with Gasteiger partial charge in [-0.25, -0.2) is 9.50 Å². The molecule has 23 heavy (non-hydrogen) atoms. The first-order valence-corrected chi connectivity index (χ1v) is 6.88. The predicted molar refractivity (Wildman–Crippen MR) is 79.7 cm³/mol. The molecule has 0 spiro atoms. The van der Waals surface area contributed by atoms with Gasteiger partial charge in [0.25, 0.3) is 5.91 Å². The molecule has 0 saturated carbocycles. The molecular weight excluding hydrogens is 328 g/mol. The summed E-state index contributed by atoms with van der Waals surface area (Å²) in [5.74, 6) is -0.553. The number of nitrogens with zero attached hydrogens (tertiary/aromatic N) is 4. The molecule has 0 atom stereocenters. The lowest BCUT2D eigenvalue weighted by Crippen LogP contribution is -2.15. The molecule has 1 amide bonds. The van der Waals surface area contributed by atoms with Crippen molar-refractivity contribution >= 4 is 28.8 Å². The zero-order valence-electron chi connectivity index (χ0n) is 11.8. The predicted octanol–water partition coefficient (Wildman–Crippen LogP) is 2.97. The van der Waals surface area contributed by atoms with E-state index in [9.17, 15) is 13.6 Å². The Morgan fingerprint density at radius 3 is 2.65 bits per heavy atom. The lowest BCUT2D eigenvalue weighted by atomic mass is 10.3. The number of carbonyl (C=O) groups excluding carboxylic acids is 1. The van der Waals surface area contributed by atoms with Crippen LogP contribution < -0.4 is 5.32 Å². The van der Waals surface area contributed by atoms with E-state index in [0.717, 1.165) is 10.6 Å². The Bertz CT molecular complexity index is 876. The van der Waals surface area contributed by atoms with Crippen LogP contribution in [0.15, 0.2) is 36.7 Å². The van der Waals surface area contributed by atoms with Crippen LogP contribution in [0, 0.1) is 6.92 Å². The normalized spacial score (nSPS) is 11.7. The third kappa shape index (κ3) is 3.11. The average Bonchev–Trinajstić information content (AvgIpc) is 2.90. The lowest BCUT2D eigenvalue weighted by molar-refractivity contribution is 0.0868. The monoisotopic (exact) mass is 337 g/mol. The van der Waals surface area contributed by atoms with Crippen molar-refractivity contribution in [2.75, 3.05) is 5.32 Å². The van der Waals surface area contributed by atoms with Crippen LogP contribution in [-0.4, -0.2) is 25.5 Å². The fourth-order valence-electron chi connectivity index (χ4n) is 2.04. The van der Waals surface area contributed by atoms with E-state index in [0.29, 0.717) is 11.4 Å². The highest BCUT2D eigenvalue weighted by Gasteiger charge is 2.32. The smallest absolute Gasteiger partial charge is 0.320 e. The Kier molecular flexibility index (Phi) is 3.69. The van der Waals surface area contributed by atoms with E-state index in [1.54, 1.807) is 19.1 Å². The number of carbonyl (C=O) groups is 1. The van der Waals surface area contributed by atoms with Crippen molar-refractivity contribution in [1.82, 2.24) is 19.6 Å². The molecule has 0 aliphatic carbocycles. The van der Waals surface area contributed by atoms with E-state index in [4.69, 9.17) is 11.6 Å². The maximum Gasteiger partial charge on any atom is 0.364 e. The highest BCUT2D eigenvalue weighted by molar-refractivity contribution is 6.21. The van der Waals surface area contributed by atoms with E-state index < -0.39 is 17.0 Å². The van der Waals surface area contributed by atoms with Crippen LogP contribution in [0.3, 0.4) is 0 Å². The van der Waals surface area contributed by atoms with E-state index in [1.807, 2.05) is 0 Å². The molecule has 3 rings (SSSR count). The first-order chi connectivity index (χ1) is 10.8. The van der Waals surface area contributed by atoms with E-state index in [1.165, 1.54) is 18.5 Å². The fraction of sp³-hybridized carbons (Fsp3) is 0.143. The summed E-state index contributed by atoms with van der Waals surface area (Å²) < 4.78 is 27.8. The van der Waals surface area contributed by atoms with Gasteiger partial charge in [-0.2, -0.15) is 13.9 Å². The van der Waals surface area contributed by atoms with Crippen LogP contribution in [-0.2, 0) is 5.38 Å². The van der Waals surface area contributed by atoms with Crippen molar-refractivity contribution in [1.29, 1.82) is 0 Å². The van der Waals surface area contributed by atoms with Gasteiger partial charge < -0.3 is 5.32 Å². The molecule has 3 aromatic heterocycles. The van der Waals surface area contributed by atoms with Crippen LogP contribution in [0.2, 0.25) is 0 Å². The second kappa shape index (κ2) is 5.54. The number of anilines is 1. The highest BCUT2D eigenvalue weighted by atomic mass is 35.5. The summed E-state index contributed by atoms with van der Waals surface area (Å²) in [6.07, 6.45) is 3.02. The molecule has 3 aromatic rings. The van der Waals surface area contributed by atoms with Crippen LogP contribution in [0.1, 0.15) is 21.9 Å². The molecule has 0 aliphatic rings. The number of pyridine rings is 1. The number of hydrogen-bond donors (Lipinski definition) is 1. The third-order valence-corrected chi connectivity index (χ3v) is 3.21. The standard InChI is InChI=1S/C14H10ClF2N5O/c1-8-6-11(14(15,16)17)22-12(19-8)7-10(21-22)13(23)20-9-2-4-18-5-3-9/h2-7H,1H3,(H,18,20,23). The number of rotatable bonds is 3. The van der Waals surface area contributed by atoms with E-state index >= 15 is 0 Å². The molecule has 0 bridgehead atoms. The number of halogens is 3. The highest BCUT2D eigenvalue weighted by Crippen LogP contribution is 2.32. The number of fused-ring (bicyclic) bond motifs is 1. The lowest BCUT2D eigenvalue weighted by Gasteiger charge is -2.10. The topological polar surface area (TPSA) is 72.2 Å². The zero-order chi connectivity index (χ0) is 16.6. The third-order valence-electron chi connectivity index (χ3n) is 3.02. The van der Waals surface area contributed by atoms with Gasteiger partial charge in [-0.1, -0.05) is 0 Å². The van der Waals surface area contributed by atoms with Gasteiger partial charge in [0.2, 0.25) is 0 Å². The largest absolute Gasteiger partial charge is 0.364 e. The minimum Gasteiger partial charge on any atom is -0.320 e. The summed E-state index contributed by atoms with van der Waals surface area (Å²) >= 11 is 5.10. The molecule has 6 nitrogen and oxygen atoms in total. The van der Waals surface area contributed by atoms with Gasteiger partial charge in [-0.15, -0.1) is 0 Å². The minimum atomic E-state index is -3.63. The molecule has 1 N–H and O–H groups in total. The molecular formula is C14H10ClF2N5O. The number of aryl methyl sites for hydroxylation is 1. The summed E-state index contributed by atoms with van der Waals surface area (Å²) in [6.45, 7) is 1.55. The Labute approximate surface area is 134 Å². The average molecular weight is 338 g/mol. The SMILES string of the molecule is Cc1cc(C(F)(F)Cl)n2nc(C(=O)Nc3ccncc3)cc2n1. The number of alkyl halides is 3. The molecule has 9 heteroatoms. The number of hydrogen-bond acceptors (Lipinski definition) is 4. The molecule has 0 aliphatic heterocycles. The molecule has 118 valence electrons. The fourth-order valence-corrected chi connectivity index (χ4v) is 2.18. The first-order valence-electron chi connectivity index (χ1n) is 6.50. The maximum atomic E-state index is 13.5. The number of amides is 1. The van der Waals surface area contributed by atoms with Crippen LogP contribution in [0.4, 0.5) is 14.5 Å². The van der Waals surface area contributed by atoms with Crippen LogP contribution in [0.25, 0.3) is 5.65 Å². The molecule has 0 radical (unpaired) electrons. The molecule has 0 aromatic carbocycles.